The molecule has 64 valence electrons. The summed E-state index contributed by atoms with van der Waals surface area (Å²) < 4.78 is 0. The zero-order valence-electron chi connectivity index (χ0n) is 7.85. The van der Waals surface area contributed by atoms with Crippen LogP contribution in [0.1, 0.15) is 27.2 Å². The Morgan fingerprint density at radius 3 is 2.91 bits per heavy atom. The standard InChI is InChI=1S/C10H19N/c1-8(2)10-5-4-6-11-7-9(10)3/h5,8-9,11H,4,6-7H2,1-3H3/t9-/m1/s1. The summed E-state index contributed by atoms with van der Waals surface area (Å²) >= 11 is 0. The number of nitrogens with one attached hydrogen (secondary N) is 1. The first-order chi connectivity index (χ1) is 5.22. The van der Waals surface area contributed by atoms with Gasteiger partial charge in [-0.05, 0) is 24.8 Å². The van der Waals surface area contributed by atoms with Gasteiger partial charge >= 0.3 is 0 Å². The molecule has 1 atom stereocenters. The maximum atomic E-state index is 3.43. The van der Waals surface area contributed by atoms with Gasteiger partial charge in [-0.25, -0.2) is 0 Å². The fourth-order valence-electron chi connectivity index (χ4n) is 1.78. The lowest BCUT2D eigenvalue weighted by molar-refractivity contribution is 0.549. The smallest absolute Gasteiger partial charge is 0.00144 e. The zero-order chi connectivity index (χ0) is 8.27. The summed E-state index contributed by atoms with van der Waals surface area (Å²) in [7, 11) is 0. The average molecular weight is 153 g/mol. The molecule has 0 aromatic heterocycles. The van der Waals surface area contributed by atoms with Gasteiger partial charge in [-0.3, -0.25) is 0 Å². The van der Waals surface area contributed by atoms with E-state index in [1.807, 2.05) is 0 Å². The molecule has 1 heteroatoms. The zero-order valence-corrected chi connectivity index (χ0v) is 7.85. The van der Waals surface area contributed by atoms with Crippen LogP contribution >= 0.6 is 0 Å². The molecule has 0 aliphatic carbocycles. The normalized spacial score (nSPS) is 26.5. The first-order valence-electron chi connectivity index (χ1n) is 4.62. The van der Waals surface area contributed by atoms with Crippen molar-refractivity contribution in [3.63, 3.8) is 0 Å². The number of rotatable bonds is 1. The topological polar surface area (TPSA) is 12.0 Å². The fraction of sp³-hybridized carbons (Fsp3) is 0.800. The molecule has 1 heterocycles. The summed E-state index contributed by atoms with van der Waals surface area (Å²) in [5.41, 5.74) is 1.63. The summed E-state index contributed by atoms with van der Waals surface area (Å²) in [6.45, 7) is 9.19. The maximum Gasteiger partial charge on any atom is 0.00144 e. The van der Waals surface area contributed by atoms with Gasteiger partial charge in [0.2, 0.25) is 0 Å². The van der Waals surface area contributed by atoms with Crippen molar-refractivity contribution in [2.24, 2.45) is 11.8 Å². The van der Waals surface area contributed by atoms with E-state index in [-0.39, 0.29) is 0 Å². The molecule has 0 unspecified atom stereocenters. The molecule has 0 fully saturated rings. The molecule has 0 bridgehead atoms. The van der Waals surface area contributed by atoms with E-state index in [1.54, 1.807) is 5.57 Å². The van der Waals surface area contributed by atoms with Gasteiger partial charge in [0.05, 0.1) is 0 Å². The molecule has 0 amide bonds. The predicted molar refractivity (Wildman–Crippen MR) is 49.6 cm³/mol. The van der Waals surface area contributed by atoms with Crippen molar-refractivity contribution in [1.82, 2.24) is 5.32 Å². The van der Waals surface area contributed by atoms with E-state index < -0.39 is 0 Å². The van der Waals surface area contributed by atoms with Gasteiger partial charge in [0.1, 0.15) is 0 Å². The third-order valence-electron chi connectivity index (χ3n) is 2.39. The van der Waals surface area contributed by atoms with Crippen LogP contribution in [0.5, 0.6) is 0 Å². The Morgan fingerprint density at radius 2 is 2.27 bits per heavy atom. The van der Waals surface area contributed by atoms with Crippen molar-refractivity contribution in [1.29, 1.82) is 0 Å². The Balaban J connectivity index is 2.62. The van der Waals surface area contributed by atoms with Crippen LogP contribution in [0.2, 0.25) is 0 Å². The molecule has 0 aromatic rings. The molecule has 1 rings (SSSR count). The minimum atomic E-state index is 0.727. The van der Waals surface area contributed by atoms with Crippen LogP contribution in [0, 0.1) is 11.8 Å². The fourth-order valence-corrected chi connectivity index (χ4v) is 1.78. The van der Waals surface area contributed by atoms with Gasteiger partial charge in [0.25, 0.3) is 0 Å². The highest BCUT2D eigenvalue weighted by Gasteiger charge is 2.13. The quantitative estimate of drug-likeness (QED) is 0.569. The van der Waals surface area contributed by atoms with Crippen LogP contribution in [-0.2, 0) is 0 Å². The molecular formula is C10H19N. The van der Waals surface area contributed by atoms with E-state index in [0.29, 0.717) is 0 Å². The third kappa shape index (κ3) is 2.33. The third-order valence-corrected chi connectivity index (χ3v) is 2.39. The molecule has 1 nitrogen and oxygen atoms in total. The molecule has 0 saturated heterocycles. The minimum Gasteiger partial charge on any atom is -0.316 e. The molecule has 0 aromatic carbocycles. The molecule has 1 aliphatic rings. The lowest BCUT2D eigenvalue weighted by Gasteiger charge is -2.17. The van der Waals surface area contributed by atoms with Gasteiger partial charge < -0.3 is 5.32 Å². The van der Waals surface area contributed by atoms with Crippen LogP contribution in [0.25, 0.3) is 0 Å². The second-order valence-electron chi connectivity index (χ2n) is 3.75. The van der Waals surface area contributed by atoms with E-state index >= 15 is 0 Å². The first kappa shape index (κ1) is 8.79. The van der Waals surface area contributed by atoms with Crippen LogP contribution in [0.4, 0.5) is 0 Å². The van der Waals surface area contributed by atoms with E-state index in [4.69, 9.17) is 0 Å². The lowest BCUT2D eigenvalue weighted by Crippen LogP contribution is -2.21. The van der Waals surface area contributed by atoms with Gasteiger partial charge in [0, 0.05) is 6.54 Å². The van der Waals surface area contributed by atoms with E-state index in [1.165, 1.54) is 6.42 Å². The van der Waals surface area contributed by atoms with Crippen molar-refractivity contribution in [3.8, 4) is 0 Å². The second-order valence-corrected chi connectivity index (χ2v) is 3.75. The van der Waals surface area contributed by atoms with Gasteiger partial charge in [-0.1, -0.05) is 32.4 Å². The van der Waals surface area contributed by atoms with E-state index in [0.717, 1.165) is 24.9 Å². The van der Waals surface area contributed by atoms with Crippen LogP contribution in [-0.4, -0.2) is 13.1 Å². The molecular weight excluding hydrogens is 134 g/mol. The van der Waals surface area contributed by atoms with E-state index in [9.17, 15) is 0 Å². The average Bonchev–Trinajstić information content (AvgIpc) is 2.13. The molecule has 0 spiro atoms. The summed E-state index contributed by atoms with van der Waals surface area (Å²) in [6, 6.07) is 0. The van der Waals surface area contributed by atoms with Crippen molar-refractivity contribution >= 4 is 0 Å². The van der Waals surface area contributed by atoms with Crippen LogP contribution in [0.3, 0.4) is 0 Å². The number of hydrogen-bond acceptors (Lipinski definition) is 1. The van der Waals surface area contributed by atoms with Gasteiger partial charge in [-0.15, -0.1) is 0 Å². The monoisotopic (exact) mass is 153 g/mol. The molecule has 1 aliphatic heterocycles. The Morgan fingerprint density at radius 1 is 1.55 bits per heavy atom. The molecule has 0 radical (unpaired) electrons. The van der Waals surface area contributed by atoms with Crippen molar-refractivity contribution in [2.75, 3.05) is 13.1 Å². The minimum absolute atomic E-state index is 0.727. The second kappa shape index (κ2) is 3.91. The summed E-state index contributed by atoms with van der Waals surface area (Å²) in [5, 5.41) is 3.43. The molecule has 0 saturated carbocycles. The van der Waals surface area contributed by atoms with Crippen LogP contribution in [0.15, 0.2) is 11.6 Å². The number of hydrogen-bond donors (Lipinski definition) is 1. The van der Waals surface area contributed by atoms with Gasteiger partial charge in [0.15, 0.2) is 0 Å². The van der Waals surface area contributed by atoms with E-state index in [2.05, 4.69) is 32.2 Å². The summed E-state index contributed by atoms with van der Waals surface area (Å²) in [5.74, 6) is 1.46. The Hall–Kier alpha value is -0.300. The predicted octanol–water partition coefficient (Wildman–Crippen LogP) is 2.20. The highest BCUT2D eigenvalue weighted by atomic mass is 14.9. The first-order valence-corrected chi connectivity index (χ1v) is 4.62. The Labute approximate surface area is 69.9 Å². The Bertz CT molecular complexity index is 147. The Kier molecular flexibility index (Phi) is 3.13. The van der Waals surface area contributed by atoms with Gasteiger partial charge in [-0.2, -0.15) is 0 Å². The summed E-state index contributed by atoms with van der Waals surface area (Å²) in [4.78, 5) is 0. The van der Waals surface area contributed by atoms with Crippen LogP contribution < -0.4 is 5.32 Å². The molecule has 11 heavy (non-hydrogen) atoms. The van der Waals surface area contributed by atoms with Crippen molar-refractivity contribution < 1.29 is 0 Å². The van der Waals surface area contributed by atoms with Crippen molar-refractivity contribution in [2.45, 2.75) is 27.2 Å². The molecule has 1 N–H and O–H groups in total. The highest BCUT2D eigenvalue weighted by Crippen LogP contribution is 2.21. The lowest BCUT2D eigenvalue weighted by atomic mass is 9.91. The maximum absolute atomic E-state index is 3.43. The van der Waals surface area contributed by atoms with Crippen molar-refractivity contribution in [3.05, 3.63) is 11.6 Å². The highest BCUT2D eigenvalue weighted by molar-refractivity contribution is 5.10. The summed E-state index contributed by atoms with van der Waals surface area (Å²) in [6.07, 6.45) is 3.62. The SMILES string of the molecule is CC(C)C1=CCCNC[C@H]1C. The largest absolute Gasteiger partial charge is 0.316 e.